The summed E-state index contributed by atoms with van der Waals surface area (Å²) in [5.74, 6) is -1.03. The van der Waals surface area contributed by atoms with Gasteiger partial charge in [0, 0.05) is 19.3 Å². The summed E-state index contributed by atoms with van der Waals surface area (Å²) in [6, 6.07) is 0. The highest BCUT2D eigenvalue weighted by Gasteiger charge is 2.19. The SMILES string of the molecule is CC/C=C\C/C=C\C/C=C\C/C=C\C/C=C\CCCC(=O)OCC(COC(=O)CCCCC/C=C\C/C=C\C/C=C\CC)OC(=O)CCCCCCC/C=C\C/C=C\CCCCCC. The summed E-state index contributed by atoms with van der Waals surface area (Å²) in [4.78, 5) is 38.0. The van der Waals surface area contributed by atoms with Crippen LogP contribution in [-0.2, 0) is 28.6 Å². The van der Waals surface area contributed by atoms with Crippen LogP contribution in [0.15, 0.2) is 122 Å². The van der Waals surface area contributed by atoms with Crippen molar-refractivity contribution in [2.45, 2.75) is 213 Å². The fraction of sp³-hybridized carbons (Fsp3) is 0.603. The largest absolute Gasteiger partial charge is 0.462 e. The molecule has 6 nitrogen and oxygen atoms in total. The van der Waals surface area contributed by atoms with Gasteiger partial charge in [0.2, 0.25) is 0 Å². The molecule has 1 unspecified atom stereocenters. The van der Waals surface area contributed by atoms with E-state index in [0.717, 1.165) is 128 Å². The van der Waals surface area contributed by atoms with Crippen LogP contribution in [0.5, 0.6) is 0 Å². The molecule has 6 heteroatoms. The number of ether oxygens (including phenoxy) is 3. The third-order valence-electron chi connectivity index (χ3n) is 10.2. The molecule has 0 N–H and O–H groups in total. The van der Waals surface area contributed by atoms with E-state index in [1.807, 2.05) is 0 Å². The van der Waals surface area contributed by atoms with Gasteiger partial charge in [-0.1, -0.05) is 187 Å². The van der Waals surface area contributed by atoms with Crippen molar-refractivity contribution in [3.63, 3.8) is 0 Å². The molecule has 1 atom stereocenters. The minimum absolute atomic E-state index is 0.120. The zero-order chi connectivity index (χ0) is 46.5. The first-order valence-corrected chi connectivity index (χ1v) is 25.5. The summed E-state index contributed by atoms with van der Waals surface area (Å²) in [6.07, 6.45) is 70.4. The van der Waals surface area contributed by atoms with Gasteiger partial charge in [0.05, 0.1) is 0 Å². The lowest BCUT2D eigenvalue weighted by Gasteiger charge is -2.18. The summed E-state index contributed by atoms with van der Waals surface area (Å²) < 4.78 is 16.7. The van der Waals surface area contributed by atoms with Gasteiger partial charge in [0.25, 0.3) is 0 Å². The summed E-state index contributed by atoms with van der Waals surface area (Å²) in [5.41, 5.74) is 0. The minimum Gasteiger partial charge on any atom is -0.462 e. The number of allylic oxidation sites excluding steroid dienone is 20. The van der Waals surface area contributed by atoms with E-state index < -0.39 is 6.10 Å². The van der Waals surface area contributed by atoms with Crippen molar-refractivity contribution >= 4 is 17.9 Å². The predicted octanol–water partition coefficient (Wildman–Crippen LogP) is 16.9. The maximum Gasteiger partial charge on any atom is 0.306 e. The van der Waals surface area contributed by atoms with Gasteiger partial charge in [-0.05, 0) is 122 Å². The minimum atomic E-state index is -0.823. The molecule has 0 fully saturated rings. The van der Waals surface area contributed by atoms with Crippen LogP contribution in [0.25, 0.3) is 0 Å². The van der Waals surface area contributed by atoms with E-state index in [4.69, 9.17) is 14.2 Å². The lowest BCUT2D eigenvalue weighted by atomic mass is 10.1. The predicted molar refractivity (Wildman–Crippen MR) is 274 cm³/mol. The Bertz CT molecular complexity index is 1390. The molecule has 0 heterocycles. The molecule has 64 heavy (non-hydrogen) atoms. The molecule has 0 amide bonds. The molecule has 0 spiro atoms. The molecule has 0 radical (unpaired) electrons. The topological polar surface area (TPSA) is 78.9 Å². The molecular formula is C58H92O6. The highest BCUT2D eigenvalue weighted by Crippen LogP contribution is 2.12. The molecule has 360 valence electrons. The summed E-state index contributed by atoms with van der Waals surface area (Å²) in [5, 5.41) is 0. The van der Waals surface area contributed by atoms with E-state index in [9.17, 15) is 14.4 Å². The van der Waals surface area contributed by atoms with E-state index in [1.165, 1.54) is 32.1 Å². The Labute approximate surface area is 392 Å². The number of unbranched alkanes of at least 4 members (excludes halogenated alkanes) is 13. The second kappa shape index (κ2) is 51.4. The lowest BCUT2D eigenvalue weighted by Crippen LogP contribution is -2.30. The van der Waals surface area contributed by atoms with Gasteiger partial charge in [-0.15, -0.1) is 0 Å². The summed E-state index contributed by atoms with van der Waals surface area (Å²) in [6.45, 7) is 6.28. The first-order chi connectivity index (χ1) is 31.5. The second-order valence-corrected chi connectivity index (χ2v) is 16.3. The molecule has 0 aliphatic carbocycles. The molecule has 0 aliphatic rings. The number of hydrogen-bond donors (Lipinski definition) is 0. The normalized spacial score (nSPS) is 13.1. The molecule has 0 aromatic rings. The zero-order valence-corrected chi connectivity index (χ0v) is 41.0. The van der Waals surface area contributed by atoms with Crippen LogP contribution in [0.1, 0.15) is 207 Å². The molecule has 0 aromatic heterocycles. The molecule has 0 rings (SSSR count). The first-order valence-electron chi connectivity index (χ1n) is 25.5. The number of esters is 3. The molecule has 0 aromatic carbocycles. The standard InChI is InChI=1S/C58H92O6/c1-4-7-10-13-16-19-22-25-27-29-31-33-36-39-42-45-48-51-57(60)63-54-55(53-62-56(59)50-47-44-41-38-35-32-24-21-18-15-12-9-6-3)64-58(61)52-49-46-43-40-37-34-30-28-26-23-20-17-14-11-8-5-2/h7,9-10,12,16,18-21,23,25,27-28,30-33,35,39,42,55H,4-6,8,11,13-15,17,22,24,26,29,34,36-38,40-41,43-54H2,1-3H3/b10-7-,12-9-,19-16-,21-18-,23-20-,27-25-,30-28-,33-31-,35-32-,42-39-. The Balaban J connectivity index is 4.57. The molecule has 0 aliphatic heterocycles. The smallest absolute Gasteiger partial charge is 0.306 e. The lowest BCUT2D eigenvalue weighted by molar-refractivity contribution is -0.167. The van der Waals surface area contributed by atoms with Crippen molar-refractivity contribution in [3.8, 4) is 0 Å². The van der Waals surface area contributed by atoms with Gasteiger partial charge in [-0.3, -0.25) is 14.4 Å². The van der Waals surface area contributed by atoms with E-state index in [-0.39, 0.29) is 44.0 Å². The van der Waals surface area contributed by atoms with Crippen molar-refractivity contribution in [1.29, 1.82) is 0 Å². The fourth-order valence-corrected chi connectivity index (χ4v) is 6.40. The molecular weight excluding hydrogens is 793 g/mol. The van der Waals surface area contributed by atoms with Crippen LogP contribution in [0.2, 0.25) is 0 Å². The van der Waals surface area contributed by atoms with Crippen LogP contribution in [0.4, 0.5) is 0 Å². The Hall–Kier alpha value is -4.19. The third-order valence-corrected chi connectivity index (χ3v) is 10.2. The summed E-state index contributed by atoms with van der Waals surface area (Å²) >= 11 is 0. The van der Waals surface area contributed by atoms with E-state index in [2.05, 4.69) is 142 Å². The van der Waals surface area contributed by atoms with Gasteiger partial charge >= 0.3 is 17.9 Å². The van der Waals surface area contributed by atoms with Gasteiger partial charge in [0.15, 0.2) is 6.10 Å². The van der Waals surface area contributed by atoms with Crippen molar-refractivity contribution in [3.05, 3.63) is 122 Å². The van der Waals surface area contributed by atoms with Crippen LogP contribution in [0, 0.1) is 0 Å². The van der Waals surface area contributed by atoms with Crippen LogP contribution in [0.3, 0.4) is 0 Å². The van der Waals surface area contributed by atoms with Crippen molar-refractivity contribution < 1.29 is 28.6 Å². The Morgan fingerprint density at radius 2 is 0.625 bits per heavy atom. The maximum atomic E-state index is 12.8. The van der Waals surface area contributed by atoms with Crippen LogP contribution >= 0.6 is 0 Å². The monoisotopic (exact) mass is 885 g/mol. The first kappa shape index (κ1) is 59.8. The van der Waals surface area contributed by atoms with Crippen molar-refractivity contribution in [2.75, 3.05) is 13.2 Å². The van der Waals surface area contributed by atoms with Gasteiger partial charge in [-0.2, -0.15) is 0 Å². The maximum absolute atomic E-state index is 12.8. The van der Waals surface area contributed by atoms with Crippen molar-refractivity contribution in [2.24, 2.45) is 0 Å². The van der Waals surface area contributed by atoms with Crippen molar-refractivity contribution in [1.82, 2.24) is 0 Å². The molecule has 0 bridgehead atoms. The average molecular weight is 885 g/mol. The Morgan fingerprint density at radius 1 is 0.328 bits per heavy atom. The van der Waals surface area contributed by atoms with Gasteiger partial charge < -0.3 is 14.2 Å². The van der Waals surface area contributed by atoms with E-state index in [0.29, 0.717) is 12.8 Å². The van der Waals surface area contributed by atoms with Gasteiger partial charge in [0.1, 0.15) is 13.2 Å². The van der Waals surface area contributed by atoms with E-state index >= 15 is 0 Å². The van der Waals surface area contributed by atoms with Gasteiger partial charge in [-0.25, -0.2) is 0 Å². The Kier molecular flexibility index (Phi) is 48.1. The van der Waals surface area contributed by atoms with Crippen LogP contribution < -0.4 is 0 Å². The average Bonchev–Trinajstić information content (AvgIpc) is 3.29. The quantitative estimate of drug-likeness (QED) is 0.0262. The highest BCUT2D eigenvalue weighted by atomic mass is 16.6. The van der Waals surface area contributed by atoms with Crippen LogP contribution in [-0.4, -0.2) is 37.2 Å². The summed E-state index contributed by atoms with van der Waals surface area (Å²) in [7, 11) is 0. The number of carbonyl (C=O) groups excluding carboxylic acids is 3. The Morgan fingerprint density at radius 3 is 1.03 bits per heavy atom. The number of hydrogen-bond acceptors (Lipinski definition) is 6. The highest BCUT2D eigenvalue weighted by molar-refractivity contribution is 5.71. The number of rotatable bonds is 44. The molecule has 0 saturated heterocycles. The second-order valence-electron chi connectivity index (χ2n) is 16.3. The van der Waals surface area contributed by atoms with E-state index in [1.54, 1.807) is 0 Å². The fourth-order valence-electron chi connectivity index (χ4n) is 6.40. The third kappa shape index (κ3) is 48.8. The molecule has 0 saturated carbocycles. The zero-order valence-electron chi connectivity index (χ0n) is 41.0. The number of carbonyl (C=O) groups is 3.